The number of hydrogen-bond donors (Lipinski definition) is 2. The van der Waals surface area contributed by atoms with Gasteiger partial charge in [-0.2, -0.15) is 4.98 Å². The molecule has 1 aromatic heterocycles. The van der Waals surface area contributed by atoms with Crippen LogP contribution in [0, 0.1) is 5.92 Å². The van der Waals surface area contributed by atoms with Crippen molar-refractivity contribution >= 4 is 40.6 Å². The second-order valence-corrected chi connectivity index (χ2v) is 8.51. The number of ether oxygens (including phenoxy) is 1. The Bertz CT molecular complexity index is 965. The molecule has 30 heavy (non-hydrogen) atoms. The van der Waals surface area contributed by atoms with Gasteiger partial charge >= 0.3 is 0 Å². The van der Waals surface area contributed by atoms with Gasteiger partial charge in [-0.3, -0.25) is 14.5 Å². The maximum atomic E-state index is 13.5. The van der Waals surface area contributed by atoms with Gasteiger partial charge in [0.1, 0.15) is 11.5 Å². The van der Waals surface area contributed by atoms with Crippen molar-refractivity contribution in [1.82, 2.24) is 10.3 Å². The van der Waals surface area contributed by atoms with E-state index in [2.05, 4.69) is 15.6 Å². The summed E-state index contributed by atoms with van der Waals surface area (Å²) >= 11 is 6.18. The van der Waals surface area contributed by atoms with Crippen molar-refractivity contribution in [1.29, 1.82) is 0 Å². The lowest BCUT2D eigenvalue weighted by atomic mass is 9.91. The molecule has 3 rings (SSSR count). The molecule has 0 radical (unpaired) electrons. The maximum Gasteiger partial charge on any atom is 0.275 e. The fourth-order valence-electron chi connectivity index (χ4n) is 3.50. The largest absolute Gasteiger partial charge is 0.460 e. The van der Waals surface area contributed by atoms with Gasteiger partial charge in [-0.1, -0.05) is 31.5 Å². The highest BCUT2D eigenvalue weighted by Crippen LogP contribution is 2.43. The molecular formula is C22H27ClN4O3. The molecule has 0 saturated carbocycles. The summed E-state index contributed by atoms with van der Waals surface area (Å²) in [5.41, 5.74) is 0.0368. The van der Waals surface area contributed by atoms with Crippen molar-refractivity contribution in [2.75, 3.05) is 17.3 Å². The second-order valence-electron chi connectivity index (χ2n) is 8.07. The average Bonchev–Trinajstić information content (AvgIpc) is 2.67. The topological polar surface area (TPSA) is 83.6 Å². The minimum Gasteiger partial charge on any atom is -0.460 e. The summed E-state index contributed by atoms with van der Waals surface area (Å²) in [7, 11) is 1.71. The van der Waals surface area contributed by atoms with Gasteiger partial charge in [0.25, 0.3) is 5.91 Å². The van der Waals surface area contributed by atoms with E-state index >= 15 is 0 Å². The molecule has 2 amide bonds. The van der Waals surface area contributed by atoms with Crippen LogP contribution in [0.4, 0.5) is 17.2 Å². The molecule has 1 aliphatic rings. The standard InChI is InChI=1S/C22H27ClN4O3/c1-13(2)12-22(4)21(29)27(16-8-6-7-15(23)11-16)17-9-10-18(26-20(17)30-22)25-19(28)14(3)24-5/h6-11,13-14,24H,12H2,1-5H3,(H,25,26,28)/t14?,22-/m0/s1. The van der Waals surface area contributed by atoms with Gasteiger partial charge in [-0.15, -0.1) is 0 Å². The predicted molar refractivity (Wildman–Crippen MR) is 118 cm³/mol. The lowest BCUT2D eigenvalue weighted by Crippen LogP contribution is -2.53. The number of rotatable bonds is 6. The van der Waals surface area contributed by atoms with Crippen LogP contribution in [0.3, 0.4) is 0 Å². The molecule has 0 bridgehead atoms. The van der Waals surface area contributed by atoms with Crippen LogP contribution >= 0.6 is 11.6 Å². The third kappa shape index (κ3) is 4.42. The van der Waals surface area contributed by atoms with Crippen molar-refractivity contribution < 1.29 is 14.3 Å². The number of carbonyl (C=O) groups is 2. The molecule has 8 heteroatoms. The smallest absolute Gasteiger partial charge is 0.275 e. The monoisotopic (exact) mass is 430 g/mol. The summed E-state index contributed by atoms with van der Waals surface area (Å²) in [5, 5.41) is 6.18. The van der Waals surface area contributed by atoms with Crippen LogP contribution in [0.2, 0.25) is 5.02 Å². The van der Waals surface area contributed by atoms with Crippen molar-refractivity contribution in [2.45, 2.75) is 45.8 Å². The Morgan fingerprint density at radius 1 is 1.27 bits per heavy atom. The first-order valence-corrected chi connectivity index (χ1v) is 10.3. The van der Waals surface area contributed by atoms with Crippen molar-refractivity contribution in [3.05, 3.63) is 41.4 Å². The van der Waals surface area contributed by atoms with Crippen LogP contribution in [-0.2, 0) is 9.59 Å². The summed E-state index contributed by atoms with van der Waals surface area (Å²) < 4.78 is 6.13. The van der Waals surface area contributed by atoms with Crippen molar-refractivity contribution in [2.24, 2.45) is 5.92 Å². The van der Waals surface area contributed by atoms with E-state index < -0.39 is 5.60 Å². The first-order chi connectivity index (χ1) is 14.1. The van der Waals surface area contributed by atoms with Crippen LogP contribution in [-0.4, -0.2) is 35.5 Å². The molecule has 0 aliphatic carbocycles. The summed E-state index contributed by atoms with van der Waals surface area (Å²) in [6.45, 7) is 7.59. The van der Waals surface area contributed by atoms with E-state index in [4.69, 9.17) is 16.3 Å². The van der Waals surface area contributed by atoms with Gasteiger partial charge < -0.3 is 15.4 Å². The zero-order valence-electron chi connectivity index (χ0n) is 17.8. The fourth-order valence-corrected chi connectivity index (χ4v) is 3.68. The van der Waals surface area contributed by atoms with Crippen LogP contribution < -0.4 is 20.3 Å². The number of aromatic nitrogens is 1. The molecule has 7 nitrogen and oxygen atoms in total. The third-order valence-corrected chi connectivity index (χ3v) is 5.24. The fraction of sp³-hybridized carbons (Fsp3) is 0.409. The van der Waals surface area contributed by atoms with Gasteiger partial charge in [-0.25, -0.2) is 0 Å². The molecule has 2 heterocycles. The third-order valence-electron chi connectivity index (χ3n) is 5.00. The Morgan fingerprint density at radius 3 is 2.63 bits per heavy atom. The summed E-state index contributed by atoms with van der Waals surface area (Å²) in [6, 6.07) is 10.1. The molecule has 2 aromatic rings. The maximum absolute atomic E-state index is 13.5. The number of likely N-dealkylation sites (N-methyl/N-ethyl adjacent to an activating group) is 1. The highest BCUT2D eigenvalue weighted by Gasteiger charge is 2.46. The average molecular weight is 431 g/mol. The normalized spacial score (nSPS) is 19.3. The lowest BCUT2D eigenvalue weighted by Gasteiger charge is -2.40. The number of benzene rings is 1. The number of nitrogens with zero attached hydrogens (tertiary/aromatic N) is 2. The SMILES string of the molecule is CNC(C)C(=O)Nc1ccc2c(n1)O[C@@](C)(CC(C)C)C(=O)N2c1cccc(Cl)c1. The van der Waals surface area contributed by atoms with Gasteiger partial charge in [0, 0.05) is 5.02 Å². The Hall–Kier alpha value is -2.64. The Balaban J connectivity index is 2.06. The minimum atomic E-state index is -1.10. The number of pyridine rings is 1. The van der Waals surface area contributed by atoms with E-state index in [-0.39, 0.29) is 29.7 Å². The van der Waals surface area contributed by atoms with Crippen molar-refractivity contribution in [3.8, 4) is 5.88 Å². The van der Waals surface area contributed by atoms with Crippen LogP contribution in [0.5, 0.6) is 5.88 Å². The quantitative estimate of drug-likeness (QED) is 0.719. The van der Waals surface area contributed by atoms with Crippen LogP contribution in [0.25, 0.3) is 0 Å². The number of amides is 2. The summed E-state index contributed by atoms with van der Waals surface area (Å²) in [5.74, 6) is 0.462. The Morgan fingerprint density at radius 2 is 2.00 bits per heavy atom. The molecule has 0 saturated heterocycles. The van der Waals surface area contributed by atoms with Crippen LogP contribution in [0.15, 0.2) is 36.4 Å². The number of fused-ring (bicyclic) bond motifs is 1. The molecule has 2 N–H and O–H groups in total. The Kier molecular flexibility index (Phi) is 6.33. The van der Waals surface area contributed by atoms with E-state index in [1.807, 2.05) is 19.9 Å². The number of nitrogens with one attached hydrogen (secondary N) is 2. The zero-order chi connectivity index (χ0) is 22.1. The van der Waals surface area contributed by atoms with Gasteiger partial charge in [0.15, 0.2) is 5.60 Å². The van der Waals surface area contributed by atoms with Gasteiger partial charge in [0.2, 0.25) is 11.8 Å². The molecule has 0 spiro atoms. The highest BCUT2D eigenvalue weighted by molar-refractivity contribution is 6.31. The van der Waals surface area contributed by atoms with Gasteiger partial charge in [0.05, 0.1) is 11.7 Å². The second kappa shape index (κ2) is 8.62. The molecule has 2 atom stereocenters. The minimum absolute atomic E-state index is 0.187. The van der Waals surface area contributed by atoms with Gasteiger partial charge in [-0.05, 0) is 63.6 Å². The predicted octanol–water partition coefficient (Wildman–Crippen LogP) is 4.14. The molecule has 1 aliphatic heterocycles. The number of carbonyl (C=O) groups excluding carboxylic acids is 2. The van der Waals surface area contributed by atoms with E-state index in [1.54, 1.807) is 56.1 Å². The van der Waals surface area contributed by atoms with Crippen molar-refractivity contribution in [3.63, 3.8) is 0 Å². The Labute approximate surface area is 181 Å². The molecule has 1 unspecified atom stereocenters. The number of hydrogen-bond acceptors (Lipinski definition) is 5. The van der Waals surface area contributed by atoms with Crippen LogP contribution in [0.1, 0.15) is 34.1 Å². The first kappa shape index (κ1) is 22.1. The lowest BCUT2D eigenvalue weighted by molar-refractivity contribution is -0.134. The number of halogens is 1. The highest BCUT2D eigenvalue weighted by atomic mass is 35.5. The molecule has 0 fully saturated rings. The van der Waals surface area contributed by atoms with E-state index in [9.17, 15) is 9.59 Å². The summed E-state index contributed by atoms with van der Waals surface area (Å²) in [6.07, 6.45) is 0.511. The zero-order valence-corrected chi connectivity index (χ0v) is 18.6. The first-order valence-electron chi connectivity index (χ1n) is 9.93. The summed E-state index contributed by atoms with van der Waals surface area (Å²) in [4.78, 5) is 31.8. The van der Waals surface area contributed by atoms with E-state index in [0.717, 1.165) is 0 Å². The molecular weight excluding hydrogens is 404 g/mol. The van der Waals surface area contributed by atoms with E-state index in [0.29, 0.717) is 28.6 Å². The number of anilines is 3. The van der Waals surface area contributed by atoms with E-state index in [1.165, 1.54) is 0 Å². The molecule has 1 aromatic carbocycles. The molecule has 160 valence electrons.